The number of hydrogen-bond acceptors (Lipinski definition) is 4. The minimum Gasteiger partial charge on any atom is -0.369 e. The molecule has 0 unspecified atom stereocenters. The van der Waals surface area contributed by atoms with E-state index in [1.807, 2.05) is 37.3 Å². The second-order valence-corrected chi connectivity index (χ2v) is 5.62. The maximum absolute atomic E-state index is 11.0. The summed E-state index contributed by atoms with van der Waals surface area (Å²) >= 11 is 1.52. The van der Waals surface area contributed by atoms with Crippen molar-refractivity contribution in [1.29, 1.82) is 0 Å². The molecule has 0 aliphatic rings. The zero-order chi connectivity index (χ0) is 14.1. The number of nitrogens with two attached hydrogens (primary N) is 1. The van der Waals surface area contributed by atoms with Crippen LogP contribution in [0.2, 0.25) is 0 Å². The largest absolute Gasteiger partial charge is 0.369 e. The predicted octanol–water partition coefficient (Wildman–Crippen LogP) is 2.69. The Balaban J connectivity index is 2.16. The van der Waals surface area contributed by atoms with E-state index in [0.717, 1.165) is 32.0 Å². The molecule has 3 aromatic rings. The molecule has 4 nitrogen and oxygen atoms in total. The fourth-order valence-electron chi connectivity index (χ4n) is 2.22. The molecule has 0 saturated carbocycles. The van der Waals surface area contributed by atoms with Crippen molar-refractivity contribution in [3.05, 3.63) is 47.2 Å². The quantitative estimate of drug-likeness (QED) is 0.803. The van der Waals surface area contributed by atoms with Gasteiger partial charge in [0, 0.05) is 17.1 Å². The predicted molar refractivity (Wildman–Crippen MR) is 80.5 cm³/mol. The first-order chi connectivity index (χ1) is 9.65. The van der Waals surface area contributed by atoms with Crippen molar-refractivity contribution >= 4 is 28.1 Å². The molecule has 5 heteroatoms. The van der Waals surface area contributed by atoms with Crippen LogP contribution >= 0.6 is 11.3 Å². The van der Waals surface area contributed by atoms with Crippen LogP contribution in [0.25, 0.3) is 21.3 Å². The number of hydrogen-bond donors (Lipinski definition) is 1. The number of pyridine rings is 1. The topological polar surface area (TPSA) is 68.9 Å². The summed E-state index contributed by atoms with van der Waals surface area (Å²) in [4.78, 5) is 20.9. The summed E-state index contributed by atoms with van der Waals surface area (Å²) in [5.41, 5.74) is 8.20. The minimum absolute atomic E-state index is 0.189. The van der Waals surface area contributed by atoms with Crippen molar-refractivity contribution in [2.75, 3.05) is 0 Å². The first kappa shape index (κ1) is 12.7. The summed E-state index contributed by atoms with van der Waals surface area (Å²) in [6.07, 6.45) is 1.99. The van der Waals surface area contributed by atoms with Crippen LogP contribution in [0, 0.1) is 6.92 Å². The summed E-state index contributed by atoms with van der Waals surface area (Å²) in [6, 6.07) is 9.98. The Hall–Kier alpha value is -2.27. The maximum Gasteiger partial charge on any atom is 0.224 e. The van der Waals surface area contributed by atoms with Crippen molar-refractivity contribution in [1.82, 2.24) is 9.97 Å². The van der Waals surface area contributed by atoms with E-state index in [2.05, 4.69) is 9.97 Å². The van der Waals surface area contributed by atoms with Crippen LogP contribution in [0.4, 0.5) is 0 Å². The van der Waals surface area contributed by atoms with Crippen molar-refractivity contribution in [2.24, 2.45) is 5.73 Å². The van der Waals surface area contributed by atoms with E-state index in [0.29, 0.717) is 0 Å². The molecule has 0 aliphatic heterocycles. The molecule has 0 fully saturated rings. The molecular weight excluding hydrogens is 270 g/mol. The maximum atomic E-state index is 11.0. The molecule has 0 spiro atoms. The molecule has 2 N–H and O–H groups in total. The van der Waals surface area contributed by atoms with Crippen LogP contribution in [0.1, 0.15) is 10.7 Å². The van der Waals surface area contributed by atoms with Gasteiger partial charge in [-0.3, -0.25) is 9.78 Å². The van der Waals surface area contributed by atoms with Crippen molar-refractivity contribution < 1.29 is 4.79 Å². The molecule has 100 valence electrons. The Morgan fingerprint density at radius 3 is 2.90 bits per heavy atom. The zero-order valence-electron chi connectivity index (χ0n) is 11.0. The van der Waals surface area contributed by atoms with Crippen LogP contribution in [-0.4, -0.2) is 15.9 Å². The number of para-hydroxylation sites is 1. The average molecular weight is 283 g/mol. The smallest absolute Gasteiger partial charge is 0.224 e. The van der Waals surface area contributed by atoms with E-state index in [4.69, 9.17) is 5.73 Å². The first-order valence-electron chi connectivity index (χ1n) is 6.24. The number of aryl methyl sites for hydroxylation is 1. The van der Waals surface area contributed by atoms with Gasteiger partial charge in [0.25, 0.3) is 0 Å². The highest BCUT2D eigenvalue weighted by Crippen LogP contribution is 2.34. The van der Waals surface area contributed by atoms with E-state index >= 15 is 0 Å². The normalized spacial score (nSPS) is 10.8. The summed E-state index contributed by atoms with van der Waals surface area (Å²) in [5, 5.41) is 1.85. The van der Waals surface area contributed by atoms with Gasteiger partial charge < -0.3 is 5.73 Å². The Morgan fingerprint density at radius 1 is 1.30 bits per heavy atom. The van der Waals surface area contributed by atoms with E-state index in [9.17, 15) is 4.79 Å². The summed E-state index contributed by atoms with van der Waals surface area (Å²) in [6.45, 7) is 1.95. The lowest BCUT2D eigenvalue weighted by Gasteiger charge is -2.04. The summed E-state index contributed by atoms with van der Waals surface area (Å²) in [7, 11) is 0. The molecule has 2 heterocycles. The SMILES string of the molecule is Cc1nc(CC(N)=O)sc1-c1ccnc2ccccc12. The van der Waals surface area contributed by atoms with E-state index in [1.54, 1.807) is 6.20 Å². The summed E-state index contributed by atoms with van der Waals surface area (Å²) in [5.74, 6) is -0.357. The highest BCUT2D eigenvalue weighted by atomic mass is 32.1. The fraction of sp³-hybridized carbons (Fsp3) is 0.133. The van der Waals surface area contributed by atoms with Gasteiger partial charge in [-0.25, -0.2) is 4.98 Å². The Morgan fingerprint density at radius 2 is 2.10 bits per heavy atom. The van der Waals surface area contributed by atoms with Gasteiger partial charge in [0.15, 0.2) is 0 Å². The monoisotopic (exact) mass is 283 g/mol. The standard InChI is InChI=1S/C15H13N3OS/c1-9-15(20-14(18-9)8-13(16)19)11-6-7-17-12-5-3-2-4-10(11)12/h2-7H,8H2,1H3,(H2,16,19). The van der Waals surface area contributed by atoms with Gasteiger partial charge in [0.2, 0.25) is 5.91 Å². The molecule has 0 bridgehead atoms. The second kappa shape index (κ2) is 5.02. The lowest BCUT2D eigenvalue weighted by molar-refractivity contribution is -0.117. The number of aromatic nitrogens is 2. The molecule has 1 amide bonds. The minimum atomic E-state index is -0.357. The number of carbonyl (C=O) groups is 1. The van der Waals surface area contributed by atoms with Gasteiger partial charge in [0.05, 0.1) is 22.5 Å². The Kier molecular flexibility index (Phi) is 3.20. The molecular formula is C15H13N3OS. The van der Waals surface area contributed by atoms with Crippen LogP contribution in [0.3, 0.4) is 0 Å². The van der Waals surface area contributed by atoms with Gasteiger partial charge in [-0.2, -0.15) is 0 Å². The van der Waals surface area contributed by atoms with Crippen LogP contribution in [0.5, 0.6) is 0 Å². The van der Waals surface area contributed by atoms with E-state index < -0.39 is 0 Å². The lowest BCUT2D eigenvalue weighted by Crippen LogP contribution is -2.13. The first-order valence-corrected chi connectivity index (χ1v) is 7.05. The van der Waals surface area contributed by atoms with Crippen LogP contribution in [0.15, 0.2) is 36.5 Å². The van der Waals surface area contributed by atoms with E-state index in [-0.39, 0.29) is 12.3 Å². The lowest BCUT2D eigenvalue weighted by atomic mass is 10.1. The van der Waals surface area contributed by atoms with Crippen molar-refractivity contribution in [3.63, 3.8) is 0 Å². The van der Waals surface area contributed by atoms with Gasteiger partial charge in [-0.05, 0) is 19.1 Å². The number of carbonyl (C=O) groups excluding carboxylic acids is 1. The Labute approximate surface area is 120 Å². The van der Waals surface area contributed by atoms with Crippen molar-refractivity contribution in [3.8, 4) is 10.4 Å². The third-order valence-corrected chi connectivity index (χ3v) is 4.25. The van der Waals surface area contributed by atoms with Crippen LogP contribution in [-0.2, 0) is 11.2 Å². The molecule has 2 aromatic heterocycles. The van der Waals surface area contributed by atoms with E-state index in [1.165, 1.54) is 11.3 Å². The molecule has 20 heavy (non-hydrogen) atoms. The molecule has 0 aliphatic carbocycles. The Bertz CT molecular complexity index is 789. The molecule has 0 radical (unpaired) electrons. The molecule has 1 aromatic carbocycles. The third kappa shape index (κ3) is 2.28. The van der Waals surface area contributed by atoms with Crippen LogP contribution < -0.4 is 5.73 Å². The fourth-order valence-corrected chi connectivity index (χ4v) is 3.33. The third-order valence-electron chi connectivity index (χ3n) is 3.06. The number of nitrogens with zero attached hydrogens (tertiary/aromatic N) is 2. The van der Waals surface area contributed by atoms with Gasteiger partial charge >= 0.3 is 0 Å². The number of fused-ring (bicyclic) bond motifs is 1. The number of thiazole rings is 1. The number of amides is 1. The van der Waals surface area contributed by atoms with Gasteiger partial charge in [0.1, 0.15) is 5.01 Å². The molecule has 3 rings (SSSR count). The average Bonchev–Trinajstić information content (AvgIpc) is 2.78. The number of benzene rings is 1. The second-order valence-electron chi connectivity index (χ2n) is 4.54. The molecule has 0 saturated heterocycles. The number of primary amides is 1. The van der Waals surface area contributed by atoms with Gasteiger partial charge in [-0.15, -0.1) is 11.3 Å². The highest BCUT2D eigenvalue weighted by molar-refractivity contribution is 7.15. The number of rotatable bonds is 3. The highest BCUT2D eigenvalue weighted by Gasteiger charge is 2.13. The van der Waals surface area contributed by atoms with Gasteiger partial charge in [-0.1, -0.05) is 18.2 Å². The molecule has 0 atom stereocenters. The van der Waals surface area contributed by atoms with Crippen molar-refractivity contribution in [2.45, 2.75) is 13.3 Å². The zero-order valence-corrected chi connectivity index (χ0v) is 11.8. The summed E-state index contributed by atoms with van der Waals surface area (Å²) < 4.78 is 0.